The van der Waals surface area contributed by atoms with Crippen LogP contribution in [0.1, 0.15) is 12.5 Å². The summed E-state index contributed by atoms with van der Waals surface area (Å²) in [5.74, 6) is -0.144. The molecule has 0 bridgehead atoms. The van der Waals surface area contributed by atoms with Crippen LogP contribution in [0.4, 0.5) is 18.9 Å². The highest BCUT2D eigenvalue weighted by atomic mass is 79.9. The zero-order valence-corrected chi connectivity index (χ0v) is 18.0. The fraction of sp³-hybridized carbons (Fsp3) is 0.235. The van der Waals surface area contributed by atoms with E-state index in [0.717, 1.165) is 6.07 Å². The van der Waals surface area contributed by atoms with Gasteiger partial charge in [0.15, 0.2) is 32.0 Å². The Kier molecular flexibility index (Phi) is 4.58. The van der Waals surface area contributed by atoms with E-state index in [1.807, 2.05) is 0 Å². The standard InChI is InChI=1S/C17H14BrF3N6O2S/c1-3-30(28,29)16-12(25-14-11(18)9(22)4-5-27(14)16)15-24-10-6-8(17(19,20)21)7-23-13(10)26(15)2/h4-7H,3,22H2,1-2H3. The summed E-state index contributed by atoms with van der Waals surface area (Å²) < 4.78 is 68.0. The number of anilines is 1. The first-order chi connectivity index (χ1) is 14.0. The van der Waals surface area contributed by atoms with Gasteiger partial charge in [-0.3, -0.25) is 4.40 Å². The minimum Gasteiger partial charge on any atom is -0.398 e. The van der Waals surface area contributed by atoms with E-state index in [1.165, 1.54) is 35.2 Å². The fourth-order valence-corrected chi connectivity index (χ4v) is 4.65. The largest absolute Gasteiger partial charge is 0.417 e. The Labute approximate surface area is 176 Å². The van der Waals surface area contributed by atoms with Gasteiger partial charge in [0.25, 0.3) is 0 Å². The van der Waals surface area contributed by atoms with E-state index >= 15 is 0 Å². The summed E-state index contributed by atoms with van der Waals surface area (Å²) >= 11 is 3.31. The van der Waals surface area contributed by atoms with Crippen LogP contribution in [0.3, 0.4) is 0 Å². The van der Waals surface area contributed by atoms with Gasteiger partial charge in [-0.15, -0.1) is 0 Å². The molecule has 30 heavy (non-hydrogen) atoms. The van der Waals surface area contributed by atoms with Crippen molar-refractivity contribution in [1.29, 1.82) is 0 Å². The molecule has 0 aliphatic heterocycles. The van der Waals surface area contributed by atoms with Crippen LogP contribution in [0.25, 0.3) is 28.3 Å². The maximum absolute atomic E-state index is 13.0. The third-order valence-corrected chi connectivity index (χ3v) is 7.19. The molecule has 0 spiro atoms. The van der Waals surface area contributed by atoms with Crippen molar-refractivity contribution in [2.24, 2.45) is 7.05 Å². The summed E-state index contributed by atoms with van der Waals surface area (Å²) in [7, 11) is -2.26. The van der Waals surface area contributed by atoms with Gasteiger partial charge in [0.05, 0.1) is 21.5 Å². The fourth-order valence-electron chi connectivity index (χ4n) is 3.09. The summed E-state index contributed by atoms with van der Waals surface area (Å²) in [6.07, 6.45) is -2.41. The number of sulfone groups is 1. The van der Waals surface area contributed by atoms with Crippen LogP contribution in [0.15, 0.2) is 34.0 Å². The number of aryl methyl sites for hydroxylation is 1. The molecule has 0 unspecified atom stereocenters. The van der Waals surface area contributed by atoms with Crippen LogP contribution in [-0.4, -0.2) is 38.1 Å². The molecule has 0 aliphatic carbocycles. The van der Waals surface area contributed by atoms with Crippen molar-refractivity contribution >= 4 is 48.3 Å². The third kappa shape index (κ3) is 3.03. The molecule has 0 atom stereocenters. The topological polar surface area (TPSA) is 108 Å². The maximum atomic E-state index is 13.0. The lowest BCUT2D eigenvalue weighted by Crippen LogP contribution is -2.10. The minimum atomic E-state index is -4.58. The number of pyridine rings is 2. The number of nitrogen functional groups attached to an aromatic ring is 1. The Bertz CT molecular complexity index is 1430. The minimum absolute atomic E-state index is 0.00258. The molecular weight excluding hydrogens is 489 g/mol. The molecule has 0 saturated carbocycles. The second-order valence-electron chi connectivity index (χ2n) is 6.51. The van der Waals surface area contributed by atoms with Crippen molar-refractivity contribution < 1.29 is 21.6 Å². The summed E-state index contributed by atoms with van der Waals surface area (Å²) in [6.45, 7) is 1.48. The molecule has 2 N–H and O–H groups in total. The van der Waals surface area contributed by atoms with E-state index in [-0.39, 0.29) is 39.1 Å². The van der Waals surface area contributed by atoms with Crippen molar-refractivity contribution in [3.05, 3.63) is 34.6 Å². The van der Waals surface area contributed by atoms with Crippen LogP contribution in [0, 0.1) is 0 Å². The average molecular weight is 503 g/mol. The number of hydrogen-bond acceptors (Lipinski definition) is 6. The van der Waals surface area contributed by atoms with Gasteiger partial charge in [-0.2, -0.15) is 13.2 Å². The Morgan fingerprint density at radius 2 is 1.93 bits per heavy atom. The Morgan fingerprint density at radius 1 is 1.23 bits per heavy atom. The molecule has 0 radical (unpaired) electrons. The lowest BCUT2D eigenvalue weighted by Gasteiger charge is -2.06. The number of halogens is 4. The van der Waals surface area contributed by atoms with E-state index in [9.17, 15) is 21.6 Å². The summed E-state index contributed by atoms with van der Waals surface area (Å²) in [6, 6.07) is 2.38. The van der Waals surface area contributed by atoms with Crippen LogP contribution in [0.2, 0.25) is 0 Å². The van der Waals surface area contributed by atoms with Crippen molar-refractivity contribution in [3.8, 4) is 11.5 Å². The van der Waals surface area contributed by atoms with Crippen molar-refractivity contribution in [3.63, 3.8) is 0 Å². The second kappa shape index (κ2) is 6.67. The first-order valence-corrected chi connectivity index (χ1v) is 11.0. The van der Waals surface area contributed by atoms with Crippen molar-refractivity contribution in [2.45, 2.75) is 18.1 Å². The Balaban J connectivity index is 2.09. The first-order valence-electron chi connectivity index (χ1n) is 8.54. The number of hydrogen-bond donors (Lipinski definition) is 1. The molecule has 158 valence electrons. The lowest BCUT2D eigenvalue weighted by atomic mass is 10.2. The molecule has 4 aromatic rings. The van der Waals surface area contributed by atoms with Gasteiger partial charge in [-0.05, 0) is 28.1 Å². The smallest absolute Gasteiger partial charge is 0.398 e. The monoisotopic (exact) mass is 502 g/mol. The van der Waals surface area contributed by atoms with Gasteiger partial charge in [-0.25, -0.2) is 23.4 Å². The van der Waals surface area contributed by atoms with E-state index < -0.39 is 21.6 Å². The van der Waals surface area contributed by atoms with Gasteiger partial charge in [-0.1, -0.05) is 6.92 Å². The summed E-state index contributed by atoms with van der Waals surface area (Å²) in [5, 5.41) is -0.129. The van der Waals surface area contributed by atoms with Crippen LogP contribution in [0.5, 0.6) is 0 Å². The van der Waals surface area contributed by atoms with Gasteiger partial charge in [0.1, 0.15) is 11.2 Å². The zero-order chi connectivity index (χ0) is 22.0. The molecule has 0 fully saturated rings. The number of nitrogens with zero attached hydrogens (tertiary/aromatic N) is 5. The number of imidazole rings is 2. The van der Waals surface area contributed by atoms with E-state index in [0.29, 0.717) is 16.4 Å². The van der Waals surface area contributed by atoms with Crippen molar-refractivity contribution in [1.82, 2.24) is 23.9 Å². The molecule has 4 heterocycles. The van der Waals surface area contributed by atoms with E-state index in [1.54, 1.807) is 0 Å². The molecule has 4 aromatic heterocycles. The highest BCUT2D eigenvalue weighted by Gasteiger charge is 2.33. The van der Waals surface area contributed by atoms with Crippen LogP contribution in [-0.2, 0) is 23.1 Å². The summed E-state index contributed by atoms with van der Waals surface area (Å²) in [5.41, 5.74) is 5.65. The number of aromatic nitrogens is 5. The number of fused-ring (bicyclic) bond motifs is 2. The second-order valence-corrected chi connectivity index (χ2v) is 9.49. The van der Waals surface area contributed by atoms with Gasteiger partial charge >= 0.3 is 6.18 Å². The average Bonchev–Trinajstić information content (AvgIpc) is 3.22. The van der Waals surface area contributed by atoms with Crippen molar-refractivity contribution in [2.75, 3.05) is 11.5 Å². The predicted octanol–water partition coefficient (Wildman–Crippen LogP) is 3.44. The Morgan fingerprint density at radius 3 is 2.57 bits per heavy atom. The molecule has 13 heteroatoms. The normalized spacial score (nSPS) is 12.9. The lowest BCUT2D eigenvalue weighted by molar-refractivity contribution is -0.137. The highest BCUT2D eigenvalue weighted by molar-refractivity contribution is 9.10. The highest BCUT2D eigenvalue weighted by Crippen LogP contribution is 2.35. The number of nitrogens with two attached hydrogens (primary N) is 1. The van der Waals surface area contributed by atoms with Gasteiger partial charge in [0, 0.05) is 19.4 Å². The van der Waals surface area contributed by atoms with Crippen LogP contribution < -0.4 is 5.73 Å². The molecule has 0 aliphatic rings. The predicted molar refractivity (Wildman–Crippen MR) is 108 cm³/mol. The first kappa shape index (κ1) is 20.6. The number of rotatable bonds is 3. The SMILES string of the molecule is CCS(=O)(=O)c1c(-c2nc3cc(C(F)(F)F)cnc3n2C)nc2c(Br)c(N)ccn12. The maximum Gasteiger partial charge on any atom is 0.417 e. The van der Waals surface area contributed by atoms with E-state index in [4.69, 9.17) is 5.73 Å². The van der Waals surface area contributed by atoms with Gasteiger partial charge in [0.2, 0.25) is 0 Å². The summed E-state index contributed by atoms with van der Waals surface area (Å²) in [4.78, 5) is 12.5. The molecule has 0 amide bonds. The molecule has 0 saturated heterocycles. The Hall–Kier alpha value is -2.67. The molecular formula is C17H14BrF3N6O2S. The third-order valence-electron chi connectivity index (χ3n) is 4.64. The molecule has 8 nitrogen and oxygen atoms in total. The van der Waals surface area contributed by atoms with E-state index in [2.05, 4.69) is 30.9 Å². The number of alkyl halides is 3. The quantitative estimate of drug-likeness (QED) is 0.459. The zero-order valence-electron chi connectivity index (χ0n) is 15.6. The van der Waals surface area contributed by atoms with Crippen LogP contribution >= 0.6 is 15.9 Å². The molecule has 4 rings (SSSR count). The molecule has 0 aromatic carbocycles. The van der Waals surface area contributed by atoms with Gasteiger partial charge < -0.3 is 10.3 Å².